The van der Waals surface area contributed by atoms with Gasteiger partial charge in [0.05, 0.1) is 5.75 Å². The van der Waals surface area contributed by atoms with Crippen LogP contribution in [0.5, 0.6) is 0 Å². The molecule has 3 aromatic heterocycles. The molecule has 13 heteroatoms. The lowest BCUT2D eigenvalue weighted by Crippen LogP contribution is -2.25. The molecule has 0 N–H and O–H groups in total. The summed E-state index contributed by atoms with van der Waals surface area (Å²) in [6.45, 7) is 1.41. The van der Waals surface area contributed by atoms with Crippen molar-refractivity contribution >= 4 is 27.1 Å². The molecule has 0 amide bonds. The van der Waals surface area contributed by atoms with Crippen molar-refractivity contribution in [3.63, 3.8) is 0 Å². The van der Waals surface area contributed by atoms with Crippen LogP contribution in [0, 0.1) is 0 Å². The van der Waals surface area contributed by atoms with Crippen LogP contribution in [0.1, 0.15) is 12.6 Å². The van der Waals surface area contributed by atoms with Crippen LogP contribution in [0.2, 0.25) is 5.02 Å². The molecular weight excluding hydrogens is 471 g/mol. The monoisotopic (exact) mass is 483 g/mol. The highest BCUT2D eigenvalue weighted by Crippen LogP contribution is 2.29. The molecule has 0 atom stereocenters. The topological polar surface area (TPSA) is 99.2 Å². The first-order valence-electron chi connectivity index (χ1n) is 9.06. The van der Waals surface area contributed by atoms with E-state index in [1.54, 1.807) is 24.3 Å². The average Bonchev–Trinajstić information content (AvgIpc) is 3.08. The van der Waals surface area contributed by atoms with Gasteiger partial charge in [0.1, 0.15) is 4.90 Å². The Kier molecular flexibility index (Phi) is 5.29. The Morgan fingerprint density at radius 1 is 1.06 bits per heavy atom. The summed E-state index contributed by atoms with van der Waals surface area (Å²) in [7, 11) is -3.91. The van der Waals surface area contributed by atoms with Crippen LogP contribution in [0.3, 0.4) is 0 Å². The van der Waals surface area contributed by atoms with Crippen LogP contribution in [-0.4, -0.2) is 38.5 Å². The van der Waals surface area contributed by atoms with E-state index in [9.17, 15) is 26.4 Å². The van der Waals surface area contributed by atoms with Crippen molar-refractivity contribution in [3.05, 3.63) is 69.9 Å². The number of aromatic nitrogens is 5. The molecule has 0 saturated heterocycles. The molecule has 0 bridgehead atoms. The van der Waals surface area contributed by atoms with Gasteiger partial charge in [0.25, 0.3) is 0 Å². The predicted molar refractivity (Wildman–Crippen MR) is 110 cm³/mol. The van der Waals surface area contributed by atoms with E-state index in [4.69, 9.17) is 11.6 Å². The Morgan fingerprint density at radius 2 is 1.81 bits per heavy atom. The molecule has 0 saturated carbocycles. The van der Waals surface area contributed by atoms with Gasteiger partial charge in [-0.3, -0.25) is 0 Å². The molecule has 0 spiro atoms. The lowest BCUT2D eigenvalue weighted by Gasteiger charge is -2.10. The Labute approximate surface area is 183 Å². The smallest absolute Gasteiger partial charge is 0.243 e. The van der Waals surface area contributed by atoms with Gasteiger partial charge >= 0.3 is 11.9 Å². The first-order valence-corrected chi connectivity index (χ1v) is 11.1. The first-order chi connectivity index (χ1) is 15.0. The van der Waals surface area contributed by atoms with Gasteiger partial charge in [0, 0.05) is 16.8 Å². The number of sulfone groups is 1. The van der Waals surface area contributed by atoms with Gasteiger partial charge < -0.3 is 0 Å². The molecule has 0 radical (unpaired) electrons. The number of alkyl halides is 3. The van der Waals surface area contributed by atoms with E-state index < -0.39 is 27.4 Å². The van der Waals surface area contributed by atoms with Gasteiger partial charge in [0.15, 0.2) is 27.0 Å². The van der Waals surface area contributed by atoms with E-state index in [0.717, 1.165) is 6.07 Å². The molecule has 4 aromatic rings. The SMILES string of the molecule is CCS(=O)(=O)c1cc(-c2cccc(Cl)c2)cnc1-n1nc2ccc(C(F)(F)F)nn2c1=O. The summed E-state index contributed by atoms with van der Waals surface area (Å²) in [5, 5.41) is 7.63. The minimum Gasteiger partial charge on any atom is -0.243 e. The number of rotatable bonds is 4. The van der Waals surface area contributed by atoms with Crippen LogP contribution < -0.4 is 5.69 Å². The van der Waals surface area contributed by atoms with E-state index in [-0.39, 0.29) is 22.1 Å². The third kappa shape index (κ3) is 3.86. The normalized spacial score (nSPS) is 12.4. The van der Waals surface area contributed by atoms with Crippen LogP contribution in [-0.2, 0) is 16.0 Å². The number of hydrogen-bond acceptors (Lipinski definition) is 6. The van der Waals surface area contributed by atoms with Crippen LogP contribution >= 0.6 is 11.6 Å². The Morgan fingerprint density at radius 3 is 2.47 bits per heavy atom. The van der Waals surface area contributed by atoms with Gasteiger partial charge in [0.2, 0.25) is 0 Å². The molecule has 8 nitrogen and oxygen atoms in total. The molecule has 3 heterocycles. The van der Waals surface area contributed by atoms with E-state index in [1.165, 1.54) is 19.2 Å². The third-order valence-corrected chi connectivity index (χ3v) is 6.54. The van der Waals surface area contributed by atoms with E-state index in [2.05, 4.69) is 15.2 Å². The Bertz CT molecular complexity index is 1510. The van der Waals surface area contributed by atoms with Gasteiger partial charge in [-0.15, -0.1) is 5.10 Å². The van der Waals surface area contributed by atoms with Crippen LogP contribution in [0.25, 0.3) is 22.6 Å². The van der Waals surface area contributed by atoms with E-state index >= 15 is 0 Å². The zero-order chi connectivity index (χ0) is 23.3. The fourth-order valence-corrected chi connectivity index (χ4v) is 4.19. The lowest BCUT2D eigenvalue weighted by molar-refractivity contribution is -0.141. The van der Waals surface area contributed by atoms with Gasteiger partial charge in [-0.05, 0) is 35.9 Å². The fraction of sp³-hybridized carbons (Fsp3) is 0.158. The second kappa shape index (κ2) is 7.71. The van der Waals surface area contributed by atoms with E-state index in [0.29, 0.717) is 31.4 Å². The Hall–Kier alpha value is -3.25. The van der Waals surface area contributed by atoms with Crippen molar-refractivity contribution in [2.24, 2.45) is 0 Å². The largest absolute Gasteiger partial charge is 0.435 e. The first kappa shape index (κ1) is 22.0. The van der Waals surface area contributed by atoms with E-state index in [1.807, 2.05) is 0 Å². The number of fused-ring (bicyclic) bond motifs is 1. The van der Waals surface area contributed by atoms with Gasteiger partial charge in [-0.25, -0.2) is 18.2 Å². The highest BCUT2D eigenvalue weighted by molar-refractivity contribution is 7.91. The van der Waals surface area contributed by atoms with Gasteiger partial charge in [-0.1, -0.05) is 30.7 Å². The predicted octanol–water partition coefficient (Wildman–Crippen LogP) is 3.41. The van der Waals surface area contributed by atoms with Crippen LogP contribution in [0.15, 0.2) is 58.4 Å². The maximum absolute atomic E-state index is 13.0. The second-order valence-electron chi connectivity index (χ2n) is 6.64. The lowest BCUT2D eigenvalue weighted by atomic mass is 10.1. The maximum atomic E-state index is 13.0. The molecular formula is C19H13ClF3N5O3S. The molecule has 0 aliphatic rings. The number of hydrogen-bond donors (Lipinski definition) is 0. The summed E-state index contributed by atoms with van der Waals surface area (Å²) in [5.41, 5.74) is -1.59. The summed E-state index contributed by atoms with van der Waals surface area (Å²) >= 11 is 6.01. The summed E-state index contributed by atoms with van der Waals surface area (Å²) in [5.74, 6) is -0.652. The highest BCUT2D eigenvalue weighted by atomic mass is 35.5. The minimum absolute atomic E-state index is 0.205. The molecule has 32 heavy (non-hydrogen) atoms. The van der Waals surface area contributed by atoms with Gasteiger partial charge in [-0.2, -0.15) is 27.5 Å². The number of halogens is 4. The standard InChI is InChI=1S/C19H13ClF3N5O3S/c1-2-32(30,31)14-9-12(11-4-3-5-13(20)8-11)10-24-17(14)28-18(29)27-16(26-28)7-6-15(25-27)19(21,22)23/h3-10H,2H2,1H3. The summed E-state index contributed by atoms with van der Waals surface area (Å²) in [4.78, 5) is 16.6. The van der Waals surface area contributed by atoms with Crippen molar-refractivity contribution in [1.29, 1.82) is 0 Å². The summed E-state index contributed by atoms with van der Waals surface area (Å²) in [6.07, 6.45) is -3.45. The second-order valence-corrected chi connectivity index (χ2v) is 9.32. The number of pyridine rings is 1. The molecule has 0 unspecified atom stereocenters. The number of benzene rings is 1. The van der Waals surface area contributed by atoms with Crippen molar-refractivity contribution < 1.29 is 21.6 Å². The van der Waals surface area contributed by atoms with Crippen LogP contribution in [0.4, 0.5) is 13.2 Å². The zero-order valence-corrected chi connectivity index (χ0v) is 17.8. The third-order valence-electron chi connectivity index (χ3n) is 4.58. The molecule has 0 aliphatic carbocycles. The number of nitrogens with zero attached hydrogens (tertiary/aromatic N) is 5. The highest BCUT2D eigenvalue weighted by Gasteiger charge is 2.33. The summed E-state index contributed by atoms with van der Waals surface area (Å²) < 4.78 is 65.5. The average molecular weight is 484 g/mol. The molecule has 0 aliphatic heterocycles. The molecule has 1 aromatic carbocycles. The van der Waals surface area contributed by atoms with Crippen molar-refractivity contribution in [2.45, 2.75) is 18.0 Å². The Balaban J connectivity index is 1.96. The minimum atomic E-state index is -4.77. The maximum Gasteiger partial charge on any atom is 0.435 e. The molecule has 4 rings (SSSR count). The summed E-state index contributed by atoms with van der Waals surface area (Å²) in [6, 6.07) is 9.58. The van der Waals surface area contributed by atoms with Crippen molar-refractivity contribution in [1.82, 2.24) is 24.4 Å². The quantitative estimate of drug-likeness (QED) is 0.441. The molecule has 166 valence electrons. The van der Waals surface area contributed by atoms with Crippen molar-refractivity contribution in [2.75, 3.05) is 5.75 Å². The molecule has 0 fully saturated rings. The fourth-order valence-electron chi connectivity index (χ4n) is 2.96. The van der Waals surface area contributed by atoms with Crippen molar-refractivity contribution in [3.8, 4) is 16.9 Å². The zero-order valence-electron chi connectivity index (χ0n) is 16.2.